The molecule has 2 aromatic rings. The minimum absolute atomic E-state index is 0.0590. The van der Waals surface area contributed by atoms with Gasteiger partial charge in [-0.3, -0.25) is 9.71 Å². The molecule has 0 amide bonds. The summed E-state index contributed by atoms with van der Waals surface area (Å²) in [5.74, 6) is -0.484. The van der Waals surface area contributed by atoms with E-state index in [9.17, 15) is 12.8 Å². The highest BCUT2D eigenvalue weighted by Crippen LogP contribution is 2.25. The van der Waals surface area contributed by atoms with Crippen molar-refractivity contribution in [3.63, 3.8) is 0 Å². The Labute approximate surface area is 122 Å². The fourth-order valence-corrected chi connectivity index (χ4v) is 3.19. The van der Waals surface area contributed by atoms with Crippen LogP contribution >= 0.6 is 27.5 Å². The molecule has 0 unspecified atom stereocenters. The first-order chi connectivity index (χ1) is 8.90. The van der Waals surface area contributed by atoms with Crippen molar-refractivity contribution in [3.8, 4) is 0 Å². The van der Waals surface area contributed by atoms with Gasteiger partial charge in [-0.2, -0.15) is 0 Å². The molecule has 100 valence electrons. The molecular formula is C11H7BrClFN2O2S. The van der Waals surface area contributed by atoms with Crippen molar-refractivity contribution in [2.24, 2.45) is 0 Å². The summed E-state index contributed by atoms with van der Waals surface area (Å²) in [4.78, 5) is 3.57. The number of halogens is 3. The summed E-state index contributed by atoms with van der Waals surface area (Å²) in [5.41, 5.74) is 0.216. The first-order valence-electron chi connectivity index (χ1n) is 4.97. The van der Waals surface area contributed by atoms with E-state index < -0.39 is 15.8 Å². The lowest BCUT2D eigenvalue weighted by Crippen LogP contribution is -2.13. The second-order valence-electron chi connectivity index (χ2n) is 3.54. The maximum absolute atomic E-state index is 13.1. The van der Waals surface area contributed by atoms with Gasteiger partial charge in [0.15, 0.2) is 0 Å². The van der Waals surface area contributed by atoms with Gasteiger partial charge in [0, 0.05) is 12.4 Å². The molecule has 2 rings (SSSR count). The number of anilines is 1. The van der Waals surface area contributed by atoms with Gasteiger partial charge in [-0.25, -0.2) is 12.8 Å². The highest BCUT2D eigenvalue weighted by atomic mass is 79.9. The topological polar surface area (TPSA) is 59.1 Å². The van der Waals surface area contributed by atoms with Crippen molar-refractivity contribution in [2.75, 3.05) is 4.72 Å². The Balaban J connectivity index is 2.37. The number of nitrogens with one attached hydrogen (secondary N) is 1. The fraction of sp³-hybridized carbons (Fsp3) is 0. The Morgan fingerprint density at radius 3 is 2.68 bits per heavy atom. The Hall–Kier alpha value is -1.18. The monoisotopic (exact) mass is 364 g/mol. The first kappa shape index (κ1) is 14.2. The third kappa shape index (κ3) is 3.23. The van der Waals surface area contributed by atoms with Gasteiger partial charge in [0.05, 0.1) is 15.2 Å². The minimum atomic E-state index is -3.86. The van der Waals surface area contributed by atoms with E-state index in [0.29, 0.717) is 0 Å². The highest BCUT2D eigenvalue weighted by molar-refractivity contribution is 9.10. The SMILES string of the molecule is O=S(=O)(Nc1ccc(F)c(Br)c1)c1cnccc1Cl. The van der Waals surface area contributed by atoms with Crippen molar-refractivity contribution in [3.05, 3.63) is 52.0 Å². The smallest absolute Gasteiger partial charge is 0.264 e. The molecule has 0 fully saturated rings. The van der Waals surface area contributed by atoms with Gasteiger partial charge >= 0.3 is 0 Å². The molecule has 19 heavy (non-hydrogen) atoms. The number of pyridine rings is 1. The third-order valence-electron chi connectivity index (χ3n) is 2.20. The molecule has 4 nitrogen and oxygen atoms in total. The van der Waals surface area contributed by atoms with Gasteiger partial charge in [0.2, 0.25) is 0 Å². The third-order valence-corrected chi connectivity index (χ3v) is 4.65. The number of sulfonamides is 1. The van der Waals surface area contributed by atoms with Crippen LogP contribution in [0.2, 0.25) is 5.02 Å². The Kier molecular flexibility index (Phi) is 4.07. The highest BCUT2D eigenvalue weighted by Gasteiger charge is 2.18. The quantitative estimate of drug-likeness (QED) is 0.906. The normalized spacial score (nSPS) is 11.3. The molecular weight excluding hydrogens is 359 g/mol. The number of hydrogen-bond donors (Lipinski definition) is 1. The van der Waals surface area contributed by atoms with E-state index in [2.05, 4.69) is 25.6 Å². The molecule has 0 aliphatic rings. The maximum atomic E-state index is 13.1. The zero-order chi connectivity index (χ0) is 14.0. The van der Waals surface area contributed by atoms with Gasteiger partial charge in [-0.15, -0.1) is 0 Å². The standard InChI is InChI=1S/C11H7BrClFN2O2S/c12-8-5-7(1-2-10(8)14)16-19(17,18)11-6-15-4-3-9(11)13/h1-6,16H. The van der Waals surface area contributed by atoms with Crippen LogP contribution in [0.4, 0.5) is 10.1 Å². The lowest BCUT2D eigenvalue weighted by Gasteiger charge is -2.09. The largest absolute Gasteiger partial charge is 0.279 e. The van der Waals surface area contributed by atoms with Crippen molar-refractivity contribution < 1.29 is 12.8 Å². The van der Waals surface area contributed by atoms with E-state index in [4.69, 9.17) is 11.6 Å². The minimum Gasteiger partial charge on any atom is -0.279 e. The van der Waals surface area contributed by atoms with E-state index in [-0.39, 0.29) is 20.1 Å². The van der Waals surface area contributed by atoms with Gasteiger partial charge in [0.25, 0.3) is 10.0 Å². The van der Waals surface area contributed by atoms with Gasteiger partial charge < -0.3 is 0 Å². The predicted molar refractivity (Wildman–Crippen MR) is 74.2 cm³/mol. The van der Waals surface area contributed by atoms with Crippen LogP contribution in [-0.2, 0) is 10.0 Å². The van der Waals surface area contributed by atoms with Gasteiger partial charge in [0.1, 0.15) is 10.7 Å². The summed E-state index contributed by atoms with van der Waals surface area (Å²) in [6, 6.07) is 5.14. The first-order valence-corrected chi connectivity index (χ1v) is 7.63. The van der Waals surface area contributed by atoms with Crippen LogP contribution in [0.15, 0.2) is 46.0 Å². The molecule has 1 heterocycles. The van der Waals surface area contributed by atoms with Crippen LogP contribution in [0.1, 0.15) is 0 Å². The second-order valence-corrected chi connectivity index (χ2v) is 6.45. The van der Waals surface area contributed by atoms with Crippen LogP contribution < -0.4 is 4.72 Å². The summed E-state index contributed by atoms with van der Waals surface area (Å²) in [7, 11) is -3.86. The molecule has 0 aliphatic carbocycles. The van der Waals surface area contributed by atoms with E-state index in [0.717, 1.165) is 12.3 Å². The molecule has 0 atom stereocenters. The molecule has 1 aromatic heterocycles. The lowest BCUT2D eigenvalue weighted by molar-refractivity contribution is 0.600. The zero-order valence-electron chi connectivity index (χ0n) is 9.27. The van der Waals surface area contributed by atoms with Crippen LogP contribution in [0.25, 0.3) is 0 Å². The number of rotatable bonds is 3. The van der Waals surface area contributed by atoms with Gasteiger partial charge in [-0.1, -0.05) is 11.6 Å². The Morgan fingerprint density at radius 1 is 1.32 bits per heavy atom. The number of aromatic nitrogens is 1. The molecule has 0 bridgehead atoms. The Morgan fingerprint density at radius 2 is 2.05 bits per heavy atom. The molecule has 0 saturated carbocycles. The summed E-state index contributed by atoms with van der Waals surface area (Å²) < 4.78 is 39.7. The number of hydrogen-bond acceptors (Lipinski definition) is 3. The Bertz CT molecular complexity index is 724. The van der Waals surface area contributed by atoms with Crippen LogP contribution in [0.3, 0.4) is 0 Å². The predicted octanol–water partition coefficient (Wildman–Crippen LogP) is 3.44. The van der Waals surface area contributed by atoms with Crippen molar-refractivity contribution in [1.82, 2.24) is 4.98 Å². The molecule has 0 spiro atoms. The summed E-state index contributed by atoms with van der Waals surface area (Å²) in [5, 5.41) is 0.0590. The van der Waals surface area contributed by atoms with Crippen LogP contribution in [-0.4, -0.2) is 13.4 Å². The van der Waals surface area contributed by atoms with E-state index in [1.54, 1.807) is 0 Å². The number of nitrogens with zero attached hydrogens (tertiary/aromatic N) is 1. The van der Waals surface area contributed by atoms with Crippen molar-refractivity contribution in [2.45, 2.75) is 4.90 Å². The molecule has 0 saturated heterocycles. The van der Waals surface area contributed by atoms with Crippen molar-refractivity contribution in [1.29, 1.82) is 0 Å². The maximum Gasteiger partial charge on any atom is 0.264 e. The zero-order valence-corrected chi connectivity index (χ0v) is 12.4. The average molecular weight is 366 g/mol. The summed E-state index contributed by atoms with van der Waals surface area (Å²) in [6.07, 6.45) is 2.53. The van der Waals surface area contributed by atoms with E-state index >= 15 is 0 Å². The second kappa shape index (κ2) is 5.44. The summed E-state index contributed by atoms with van der Waals surface area (Å²) >= 11 is 8.78. The van der Waals surface area contributed by atoms with Crippen LogP contribution in [0.5, 0.6) is 0 Å². The number of benzene rings is 1. The van der Waals surface area contributed by atoms with E-state index in [1.165, 1.54) is 24.4 Å². The lowest BCUT2D eigenvalue weighted by atomic mass is 10.3. The van der Waals surface area contributed by atoms with Crippen molar-refractivity contribution >= 4 is 43.2 Å². The fourth-order valence-electron chi connectivity index (χ4n) is 1.33. The van der Waals surface area contributed by atoms with E-state index in [1.807, 2.05) is 0 Å². The molecule has 1 N–H and O–H groups in total. The molecule has 1 aromatic carbocycles. The summed E-state index contributed by atoms with van der Waals surface area (Å²) in [6.45, 7) is 0. The molecule has 8 heteroatoms. The molecule has 0 aliphatic heterocycles. The average Bonchev–Trinajstić information content (AvgIpc) is 2.34. The van der Waals surface area contributed by atoms with Crippen LogP contribution in [0, 0.1) is 5.82 Å². The van der Waals surface area contributed by atoms with Gasteiger partial charge in [-0.05, 0) is 40.2 Å². The molecule has 0 radical (unpaired) electrons.